The van der Waals surface area contributed by atoms with Crippen molar-refractivity contribution in [3.8, 4) is 5.75 Å². The molecule has 2 aromatic heterocycles. The number of aryl methyl sites for hydroxylation is 2. The summed E-state index contributed by atoms with van der Waals surface area (Å²) in [5, 5.41) is 8.08. The molecule has 1 aliphatic rings. The molecule has 136 valence electrons. The first kappa shape index (κ1) is 17.0. The molecule has 4 rings (SSSR count). The molecule has 1 N–H and O–H groups in total. The average molecular weight is 370 g/mol. The van der Waals surface area contributed by atoms with Gasteiger partial charge in [0.1, 0.15) is 12.3 Å². The summed E-state index contributed by atoms with van der Waals surface area (Å²) in [6, 6.07) is 5.77. The largest absolute Gasteiger partial charge is 0.494 e. The summed E-state index contributed by atoms with van der Waals surface area (Å²) in [6.45, 7) is 2.80. The van der Waals surface area contributed by atoms with Crippen LogP contribution in [-0.4, -0.2) is 27.3 Å². The van der Waals surface area contributed by atoms with Gasteiger partial charge in [0.15, 0.2) is 5.13 Å². The number of carbonyl (C=O) groups excluding carboxylic acids is 1. The van der Waals surface area contributed by atoms with Gasteiger partial charge in [0, 0.05) is 6.20 Å². The van der Waals surface area contributed by atoms with Gasteiger partial charge >= 0.3 is 0 Å². The fourth-order valence-electron chi connectivity index (χ4n) is 3.31. The standard InChI is InChI=1S/C19H22N4O2S/c1-2-25-14-8-9-16-17(10-14)26-19(20-16)21-18(24)12-23-11-13-6-4-3-5-7-15(13)22-23/h8-11H,2-7,12H2,1H3,(H,20,21,24). The van der Waals surface area contributed by atoms with Crippen LogP contribution in [0.2, 0.25) is 0 Å². The monoisotopic (exact) mass is 370 g/mol. The van der Waals surface area contributed by atoms with Gasteiger partial charge in [0.2, 0.25) is 5.91 Å². The van der Waals surface area contributed by atoms with Crippen molar-refractivity contribution in [2.45, 2.75) is 45.6 Å². The molecule has 0 atom stereocenters. The van der Waals surface area contributed by atoms with Crippen molar-refractivity contribution in [2.75, 3.05) is 11.9 Å². The van der Waals surface area contributed by atoms with Crippen molar-refractivity contribution >= 4 is 32.6 Å². The van der Waals surface area contributed by atoms with E-state index in [0.717, 1.165) is 34.5 Å². The van der Waals surface area contributed by atoms with Crippen LogP contribution in [0.3, 0.4) is 0 Å². The number of ether oxygens (including phenoxy) is 1. The Labute approximate surface area is 156 Å². The minimum Gasteiger partial charge on any atom is -0.494 e. The molecule has 3 aromatic rings. The molecule has 1 amide bonds. The molecule has 6 nitrogen and oxygen atoms in total. The number of aromatic nitrogens is 3. The molecule has 0 fully saturated rings. The summed E-state index contributed by atoms with van der Waals surface area (Å²) < 4.78 is 8.27. The van der Waals surface area contributed by atoms with Gasteiger partial charge in [-0.25, -0.2) is 4.98 Å². The molecule has 7 heteroatoms. The van der Waals surface area contributed by atoms with Crippen molar-refractivity contribution in [1.29, 1.82) is 0 Å². The van der Waals surface area contributed by atoms with Crippen LogP contribution in [0.1, 0.15) is 37.4 Å². The van der Waals surface area contributed by atoms with Crippen molar-refractivity contribution in [3.63, 3.8) is 0 Å². The van der Waals surface area contributed by atoms with Crippen LogP contribution >= 0.6 is 11.3 Å². The van der Waals surface area contributed by atoms with Crippen LogP contribution in [0.25, 0.3) is 10.2 Å². The lowest BCUT2D eigenvalue weighted by molar-refractivity contribution is -0.116. The van der Waals surface area contributed by atoms with Crippen LogP contribution in [0.4, 0.5) is 5.13 Å². The van der Waals surface area contributed by atoms with Crippen LogP contribution in [-0.2, 0) is 24.2 Å². The second-order valence-electron chi connectivity index (χ2n) is 6.49. The van der Waals surface area contributed by atoms with Gasteiger partial charge < -0.3 is 10.1 Å². The molecule has 0 unspecified atom stereocenters. The quantitative estimate of drug-likeness (QED) is 0.694. The summed E-state index contributed by atoms with van der Waals surface area (Å²) in [7, 11) is 0. The number of amides is 1. The Kier molecular flexibility index (Phi) is 4.88. The minimum absolute atomic E-state index is 0.105. The van der Waals surface area contributed by atoms with Gasteiger partial charge in [-0.2, -0.15) is 5.10 Å². The van der Waals surface area contributed by atoms with Gasteiger partial charge in [-0.05, 0) is 56.4 Å². The summed E-state index contributed by atoms with van der Waals surface area (Å²) in [5.74, 6) is 0.714. The summed E-state index contributed by atoms with van der Waals surface area (Å²) in [5.41, 5.74) is 3.30. The SMILES string of the molecule is CCOc1ccc2nc(NC(=O)Cn3cc4c(n3)CCCCC4)sc2c1. The number of hydrogen-bond acceptors (Lipinski definition) is 5. The maximum absolute atomic E-state index is 12.4. The summed E-state index contributed by atoms with van der Waals surface area (Å²) in [6.07, 6.45) is 7.76. The van der Waals surface area contributed by atoms with E-state index in [0.29, 0.717) is 11.7 Å². The Morgan fingerprint density at radius 1 is 1.31 bits per heavy atom. The molecule has 0 bridgehead atoms. The number of thiazole rings is 1. The molecule has 0 aliphatic heterocycles. The predicted octanol–water partition coefficient (Wildman–Crippen LogP) is 3.80. The molecule has 0 spiro atoms. The van der Waals surface area contributed by atoms with Gasteiger partial charge in [0.05, 0.1) is 22.5 Å². The number of anilines is 1. The zero-order chi connectivity index (χ0) is 17.9. The minimum atomic E-state index is -0.105. The third kappa shape index (κ3) is 3.72. The van der Waals surface area contributed by atoms with Crippen LogP contribution < -0.4 is 10.1 Å². The highest BCUT2D eigenvalue weighted by molar-refractivity contribution is 7.22. The molecule has 0 saturated heterocycles. The summed E-state index contributed by atoms with van der Waals surface area (Å²) in [4.78, 5) is 16.9. The number of rotatable bonds is 5. The van der Waals surface area contributed by atoms with Gasteiger partial charge in [0.25, 0.3) is 0 Å². The molecule has 1 aliphatic carbocycles. The number of hydrogen-bond donors (Lipinski definition) is 1. The molecule has 26 heavy (non-hydrogen) atoms. The topological polar surface area (TPSA) is 69.0 Å². The fraction of sp³-hybridized carbons (Fsp3) is 0.421. The number of nitrogens with zero attached hydrogens (tertiary/aromatic N) is 3. The van der Waals surface area contributed by atoms with Crippen molar-refractivity contribution in [2.24, 2.45) is 0 Å². The van der Waals surface area contributed by atoms with E-state index in [4.69, 9.17) is 4.74 Å². The third-order valence-electron chi connectivity index (χ3n) is 4.51. The number of nitrogens with one attached hydrogen (secondary N) is 1. The Bertz CT molecular complexity index is 907. The Hall–Kier alpha value is -2.41. The Morgan fingerprint density at radius 3 is 3.08 bits per heavy atom. The van der Waals surface area contributed by atoms with E-state index in [1.54, 1.807) is 4.68 Å². The molecular formula is C19H22N4O2S. The third-order valence-corrected chi connectivity index (χ3v) is 5.44. The number of fused-ring (bicyclic) bond motifs is 2. The van der Waals surface area contributed by atoms with Crippen LogP contribution in [0, 0.1) is 0 Å². The first-order chi connectivity index (χ1) is 12.7. The highest BCUT2D eigenvalue weighted by atomic mass is 32.1. The zero-order valence-corrected chi connectivity index (χ0v) is 15.6. The lowest BCUT2D eigenvalue weighted by atomic mass is 10.1. The van der Waals surface area contributed by atoms with E-state index in [-0.39, 0.29) is 12.5 Å². The van der Waals surface area contributed by atoms with Gasteiger partial charge in [-0.3, -0.25) is 9.48 Å². The van der Waals surface area contributed by atoms with Crippen molar-refractivity contribution < 1.29 is 9.53 Å². The second-order valence-corrected chi connectivity index (χ2v) is 7.52. The highest BCUT2D eigenvalue weighted by Crippen LogP contribution is 2.29. The Morgan fingerprint density at radius 2 is 2.19 bits per heavy atom. The van der Waals surface area contributed by atoms with Crippen molar-refractivity contribution in [1.82, 2.24) is 14.8 Å². The fourth-order valence-corrected chi connectivity index (χ4v) is 4.22. The van der Waals surface area contributed by atoms with Gasteiger partial charge in [-0.15, -0.1) is 0 Å². The summed E-state index contributed by atoms with van der Waals surface area (Å²) >= 11 is 1.45. The van der Waals surface area contributed by atoms with E-state index in [2.05, 4.69) is 15.4 Å². The maximum Gasteiger partial charge on any atom is 0.247 e. The molecule has 1 aromatic carbocycles. The zero-order valence-electron chi connectivity index (χ0n) is 14.8. The van der Waals surface area contributed by atoms with Crippen LogP contribution in [0.15, 0.2) is 24.4 Å². The first-order valence-corrected chi connectivity index (χ1v) is 9.91. The van der Waals surface area contributed by atoms with E-state index < -0.39 is 0 Å². The first-order valence-electron chi connectivity index (χ1n) is 9.09. The second kappa shape index (κ2) is 7.45. The van der Waals surface area contributed by atoms with Crippen molar-refractivity contribution in [3.05, 3.63) is 35.7 Å². The maximum atomic E-state index is 12.4. The van der Waals surface area contributed by atoms with Crippen LogP contribution in [0.5, 0.6) is 5.75 Å². The van der Waals surface area contributed by atoms with E-state index in [1.807, 2.05) is 31.3 Å². The van der Waals surface area contributed by atoms with E-state index in [9.17, 15) is 4.79 Å². The van der Waals surface area contributed by atoms with E-state index in [1.165, 1.54) is 36.2 Å². The normalized spacial score (nSPS) is 14.0. The molecule has 0 saturated carbocycles. The van der Waals surface area contributed by atoms with Gasteiger partial charge in [-0.1, -0.05) is 17.8 Å². The smallest absolute Gasteiger partial charge is 0.247 e. The molecule has 0 radical (unpaired) electrons. The molecular weight excluding hydrogens is 348 g/mol. The van der Waals surface area contributed by atoms with E-state index >= 15 is 0 Å². The number of benzene rings is 1. The Balaban J connectivity index is 1.44. The lowest BCUT2D eigenvalue weighted by Crippen LogP contribution is -2.19. The molecule has 2 heterocycles. The lowest BCUT2D eigenvalue weighted by Gasteiger charge is -2.02. The highest BCUT2D eigenvalue weighted by Gasteiger charge is 2.15. The predicted molar refractivity (Wildman–Crippen MR) is 103 cm³/mol. The number of carbonyl (C=O) groups is 1. The average Bonchev–Trinajstić information content (AvgIpc) is 3.11.